The Morgan fingerprint density at radius 1 is 1.00 bits per heavy atom. The third kappa shape index (κ3) is 5.26. The maximum atomic E-state index is 14.0. The summed E-state index contributed by atoms with van der Waals surface area (Å²) >= 11 is 0. The van der Waals surface area contributed by atoms with E-state index in [0.717, 1.165) is 22.8 Å². The van der Waals surface area contributed by atoms with Crippen LogP contribution in [0.15, 0.2) is 73.2 Å². The van der Waals surface area contributed by atoms with E-state index in [9.17, 15) is 13.2 Å². The van der Waals surface area contributed by atoms with Gasteiger partial charge in [0.05, 0.1) is 6.20 Å². The van der Waals surface area contributed by atoms with E-state index >= 15 is 0 Å². The van der Waals surface area contributed by atoms with Crippen molar-refractivity contribution in [3.05, 3.63) is 90.4 Å². The minimum absolute atomic E-state index is 0.240. The summed E-state index contributed by atoms with van der Waals surface area (Å²) in [5.74, 6) is 2.02. The van der Waals surface area contributed by atoms with Gasteiger partial charge in [-0.2, -0.15) is 5.10 Å². The summed E-state index contributed by atoms with van der Waals surface area (Å²) in [5.41, 5.74) is 3.28. The number of rotatable bonds is 5. The predicted octanol–water partition coefficient (Wildman–Crippen LogP) is 5.04. The second-order valence-corrected chi connectivity index (χ2v) is 7.15. The van der Waals surface area contributed by atoms with Gasteiger partial charge in [-0.05, 0) is 47.0 Å². The molecule has 0 amide bonds. The number of carbonyl (C=O) groups is 1. The molecule has 34 heavy (non-hydrogen) atoms. The van der Waals surface area contributed by atoms with Gasteiger partial charge >= 0.3 is 6.29 Å². The van der Waals surface area contributed by atoms with E-state index in [2.05, 4.69) is 25.6 Å². The summed E-state index contributed by atoms with van der Waals surface area (Å²) < 4.78 is 37.0. The summed E-state index contributed by atoms with van der Waals surface area (Å²) in [6, 6.07) is 16.5. The highest BCUT2D eigenvalue weighted by atomic mass is 19.3. The van der Waals surface area contributed by atoms with Crippen LogP contribution in [0, 0.1) is 5.82 Å². The summed E-state index contributed by atoms with van der Waals surface area (Å²) in [5, 5.41) is 15.9. The third-order valence-corrected chi connectivity index (χ3v) is 4.96. The molecule has 0 aliphatic rings. The van der Waals surface area contributed by atoms with Gasteiger partial charge in [-0.25, -0.2) is 14.2 Å². The van der Waals surface area contributed by atoms with Crippen molar-refractivity contribution in [2.75, 3.05) is 5.32 Å². The topological polar surface area (TPSA) is 90.0 Å². The fourth-order valence-corrected chi connectivity index (χ4v) is 3.36. The fourth-order valence-electron chi connectivity index (χ4n) is 3.36. The van der Waals surface area contributed by atoms with Gasteiger partial charge in [0, 0.05) is 31.9 Å². The predicted molar refractivity (Wildman–Crippen MR) is 120 cm³/mol. The SMILES string of the molecule is Cn1nccc1Nc1cc(-c2ccn3c(Cc4ccccc4F)nnc3c2)ccn1.O=C(F)F. The second kappa shape index (κ2) is 9.94. The van der Waals surface area contributed by atoms with Crippen molar-refractivity contribution in [1.82, 2.24) is 29.4 Å². The van der Waals surface area contributed by atoms with Gasteiger partial charge in [-0.3, -0.25) is 9.08 Å². The van der Waals surface area contributed by atoms with Gasteiger partial charge in [0.25, 0.3) is 0 Å². The summed E-state index contributed by atoms with van der Waals surface area (Å²) in [6.45, 7) is 0. The lowest BCUT2D eigenvalue weighted by atomic mass is 10.1. The highest BCUT2D eigenvalue weighted by Crippen LogP contribution is 2.24. The van der Waals surface area contributed by atoms with Gasteiger partial charge in [0.1, 0.15) is 23.3 Å². The molecular weight excluding hydrogens is 447 g/mol. The lowest BCUT2D eigenvalue weighted by Gasteiger charge is -2.08. The van der Waals surface area contributed by atoms with Crippen LogP contribution in [0.3, 0.4) is 0 Å². The molecule has 0 unspecified atom stereocenters. The molecule has 5 rings (SSSR count). The van der Waals surface area contributed by atoms with E-state index in [4.69, 9.17) is 4.79 Å². The Kier molecular flexibility index (Phi) is 6.62. The Balaban J connectivity index is 0.000000636. The molecule has 0 spiro atoms. The molecule has 1 N–H and O–H groups in total. The van der Waals surface area contributed by atoms with Gasteiger partial charge in [-0.1, -0.05) is 18.2 Å². The van der Waals surface area contributed by atoms with Gasteiger partial charge in [0.15, 0.2) is 5.65 Å². The molecule has 0 atom stereocenters. The van der Waals surface area contributed by atoms with Crippen molar-refractivity contribution in [2.24, 2.45) is 7.05 Å². The fraction of sp³-hybridized carbons (Fsp3) is 0.0870. The van der Waals surface area contributed by atoms with Crippen molar-refractivity contribution in [1.29, 1.82) is 0 Å². The summed E-state index contributed by atoms with van der Waals surface area (Å²) in [6.07, 6.45) is 2.94. The second-order valence-electron chi connectivity index (χ2n) is 7.15. The molecule has 1 aromatic carbocycles. The number of aryl methyl sites for hydroxylation is 1. The lowest BCUT2D eigenvalue weighted by molar-refractivity contribution is 0.199. The molecule has 0 radical (unpaired) electrons. The quantitative estimate of drug-likeness (QED) is 0.366. The van der Waals surface area contributed by atoms with Crippen LogP contribution in [-0.4, -0.2) is 35.7 Å². The average molecular weight is 465 g/mol. The standard InChI is InChI=1S/C22H18FN7.CF2O/c1-29-20(7-10-25-29)26-19-12-15(6-9-24-19)16-8-11-30-21(13-16)27-28-22(30)14-17-4-2-3-5-18(17)23;2-1(3)4/h2-13H,14H2,1H3,(H,24,26);. The highest BCUT2D eigenvalue weighted by molar-refractivity contribution is 5.70. The number of aromatic nitrogens is 6. The Morgan fingerprint density at radius 3 is 2.50 bits per heavy atom. The van der Waals surface area contributed by atoms with Gasteiger partial charge < -0.3 is 5.32 Å². The Labute approximate surface area is 191 Å². The van der Waals surface area contributed by atoms with Crippen LogP contribution >= 0.6 is 0 Å². The Morgan fingerprint density at radius 2 is 1.76 bits per heavy atom. The van der Waals surface area contributed by atoms with E-state index in [1.165, 1.54) is 6.07 Å². The monoisotopic (exact) mass is 465 g/mol. The van der Waals surface area contributed by atoms with Crippen molar-refractivity contribution >= 4 is 23.6 Å². The maximum Gasteiger partial charge on any atom is 0.483 e. The number of fused-ring (bicyclic) bond motifs is 1. The number of nitrogens with one attached hydrogen (secondary N) is 1. The smallest absolute Gasteiger partial charge is 0.325 e. The van der Waals surface area contributed by atoms with Crippen molar-refractivity contribution in [3.63, 3.8) is 0 Å². The Bertz CT molecular complexity index is 1440. The minimum atomic E-state index is -2.83. The first-order valence-electron chi connectivity index (χ1n) is 10.0. The first-order valence-corrected chi connectivity index (χ1v) is 10.0. The number of hydrogen-bond acceptors (Lipinski definition) is 6. The van der Waals surface area contributed by atoms with E-state index in [0.29, 0.717) is 23.5 Å². The summed E-state index contributed by atoms with van der Waals surface area (Å²) in [4.78, 5) is 12.5. The molecule has 4 heterocycles. The van der Waals surface area contributed by atoms with E-state index in [-0.39, 0.29) is 5.82 Å². The first-order chi connectivity index (χ1) is 16.4. The highest BCUT2D eigenvalue weighted by Gasteiger charge is 2.11. The zero-order valence-corrected chi connectivity index (χ0v) is 17.9. The molecule has 8 nitrogen and oxygen atoms in total. The number of pyridine rings is 2. The number of carbonyl (C=O) groups excluding carboxylic acids is 1. The molecule has 4 aromatic heterocycles. The zero-order valence-electron chi connectivity index (χ0n) is 17.9. The largest absolute Gasteiger partial charge is 0.483 e. The molecule has 0 aliphatic heterocycles. The van der Waals surface area contributed by atoms with Crippen molar-refractivity contribution in [2.45, 2.75) is 6.42 Å². The number of halogens is 3. The number of hydrogen-bond donors (Lipinski definition) is 1. The van der Waals surface area contributed by atoms with Crippen LogP contribution in [0.1, 0.15) is 11.4 Å². The van der Waals surface area contributed by atoms with Crippen molar-refractivity contribution < 1.29 is 18.0 Å². The van der Waals surface area contributed by atoms with E-state index in [1.54, 1.807) is 29.2 Å². The van der Waals surface area contributed by atoms with Gasteiger partial charge in [-0.15, -0.1) is 19.0 Å². The molecule has 0 saturated carbocycles. The van der Waals surface area contributed by atoms with Crippen LogP contribution in [-0.2, 0) is 13.5 Å². The Hall–Kier alpha value is -4.54. The number of nitrogens with zero attached hydrogens (tertiary/aromatic N) is 6. The van der Waals surface area contributed by atoms with Gasteiger partial charge in [0.2, 0.25) is 0 Å². The molecule has 0 bridgehead atoms. The molecule has 5 aromatic rings. The molecule has 11 heteroatoms. The lowest BCUT2D eigenvalue weighted by Crippen LogP contribution is -2.00. The van der Waals surface area contributed by atoms with Crippen LogP contribution in [0.5, 0.6) is 0 Å². The summed E-state index contributed by atoms with van der Waals surface area (Å²) in [7, 11) is 1.87. The number of anilines is 2. The van der Waals surface area contributed by atoms with Crippen LogP contribution in [0.25, 0.3) is 16.8 Å². The molecule has 0 aliphatic carbocycles. The molecule has 172 valence electrons. The van der Waals surface area contributed by atoms with Crippen molar-refractivity contribution in [3.8, 4) is 11.1 Å². The third-order valence-electron chi connectivity index (χ3n) is 4.96. The zero-order chi connectivity index (χ0) is 24.1. The minimum Gasteiger partial charge on any atom is -0.325 e. The van der Waals surface area contributed by atoms with E-state index in [1.807, 2.05) is 54.0 Å². The molecular formula is C23H18F3N7O. The number of benzene rings is 1. The average Bonchev–Trinajstić information content (AvgIpc) is 3.40. The van der Waals surface area contributed by atoms with Crippen LogP contribution in [0.2, 0.25) is 0 Å². The van der Waals surface area contributed by atoms with E-state index < -0.39 is 6.29 Å². The normalized spacial score (nSPS) is 10.6. The molecule has 0 saturated heterocycles. The molecule has 0 fully saturated rings. The van der Waals surface area contributed by atoms with Crippen LogP contribution < -0.4 is 5.32 Å². The van der Waals surface area contributed by atoms with Crippen LogP contribution in [0.4, 0.5) is 29.6 Å². The maximum absolute atomic E-state index is 14.0. The first kappa shape index (κ1) is 22.6.